The third-order valence-corrected chi connectivity index (χ3v) is 3.64. The SMILES string of the molecule is C=C(Cc1ccc(O)cc1)[n+]1cc(-c2ccccc2)cnc1N.CC=O. The zero-order valence-electron chi connectivity index (χ0n) is 14.7. The fourth-order valence-electron chi connectivity index (χ4n) is 2.40. The van der Waals surface area contributed by atoms with Crippen molar-refractivity contribution >= 4 is 17.9 Å². The molecule has 2 aromatic carbocycles. The van der Waals surface area contributed by atoms with Gasteiger partial charge in [-0.3, -0.25) is 5.73 Å². The smallest absolute Gasteiger partial charge is 0.393 e. The molecule has 26 heavy (non-hydrogen) atoms. The number of phenolic OH excluding ortho intramolecular Hbond substituents is 1. The van der Waals surface area contributed by atoms with E-state index < -0.39 is 0 Å². The Hall–Kier alpha value is -3.47. The molecule has 3 rings (SSSR count). The predicted octanol–water partition coefficient (Wildman–Crippen LogP) is 3.24. The lowest BCUT2D eigenvalue weighted by atomic mass is 10.1. The maximum atomic E-state index is 9.36. The van der Waals surface area contributed by atoms with Crippen molar-refractivity contribution in [1.82, 2.24) is 4.98 Å². The third kappa shape index (κ3) is 5.01. The zero-order chi connectivity index (χ0) is 18.9. The Bertz CT molecular complexity index is 876. The maximum Gasteiger partial charge on any atom is 0.393 e. The van der Waals surface area contributed by atoms with Crippen LogP contribution in [0.1, 0.15) is 12.5 Å². The molecule has 132 valence electrons. The molecule has 0 saturated carbocycles. The molecule has 0 aliphatic heterocycles. The molecule has 5 heteroatoms. The zero-order valence-corrected chi connectivity index (χ0v) is 14.7. The van der Waals surface area contributed by atoms with E-state index in [1.54, 1.807) is 22.9 Å². The van der Waals surface area contributed by atoms with Gasteiger partial charge in [0.2, 0.25) is 0 Å². The Balaban J connectivity index is 0.000000758. The number of nitrogens with zero attached hydrogens (tertiary/aromatic N) is 2. The van der Waals surface area contributed by atoms with Crippen LogP contribution in [0.4, 0.5) is 5.95 Å². The molecular formula is C21H22N3O2+. The topological polar surface area (TPSA) is 80.1 Å². The lowest BCUT2D eigenvalue weighted by Crippen LogP contribution is -2.37. The van der Waals surface area contributed by atoms with Crippen LogP contribution in [0.25, 0.3) is 16.8 Å². The number of hydrogen-bond donors (Lipinski definition) is 2. The Morgan fingerprint density at radius 2 is 1.77 bits per heavy atom. The summed E-state index contributed by atoms with van der Waals surface area (Å²) in [6, 6.07) is 17.1. The number of benzene rings is 2. The van der Waals surface area contributed by atoms with Crippen LogP contribution in [0.3, 0.4) is 0 Å². The molecule has 1 heterocycles. The average molecular weight is 348 g/mol. The number of phenols is 1. The summed E-state index contributed by atoms with van der Waals surface area (Å²) < 4.78 is 1.80. The number of aldehydes is 1. The van der Waals surface area contributed by atoms with Crippen molar-refractivity contribution in [2.24, 2.45) is 0 Å². The van der Waals surface area contributed by atoms with E-state index in [0.29, 0.717) is 12.4 Å². The first kappa shape index (κ1) is 18.9. The lowest BCUT2D eigenvalue weighted by molar-refractivity contribution is -0.569. The maximum absolute atomic E-state index is 9.36. The van der Waals surface area contributed by atoms with Crippen LogP contribution >= 0.6 is 0 Å². The summed E-state index contributed by atoms with van der Waals surface area (Å²) in [7, 11) is 0. The first-order valence-electron chi connectivity index (χ1n) is 8.13. The number of rotatable bonds is 4. The molecule has 5 nitrogen and oxygen atoms in total. The van der Waals surface area contributed by atoms with Gasteiger partial charge in [0, 0.05) is 12.0 Å². The molecule has 0 spiro atoms. The number of carbonyl (C=O) groups is 1. The van der Waals surface area contributed by atoms with Gasteiger partial charge in [0.05, 0.1) is 11.9 Å². The molecule has 1 aromatic heterocycles. The summed E-state index contributed by atoms with van der Waals surface area (Å²) in [4.78, 5) is 13.1. The number of aromatic hydroxyl groups is 1. The molecule has 0 amide bonds. The largest absolute Gasteiger partial charge is 0.508 e. The first-order valence-corrected chi connectivity index (χ1v) is 8.13. The fourth-order valence-corrected chi connectivity index (χ4v) is 2.40. The molecule has 0 aliphatic carbocycles. The number of nitrogen functional groups attached to an aromatic ring is 1. The van der Waals surface area contributed by atoms with Crippen LogP contribution in [-0.4, -0.2) is 16.4 Å². The van der Waals surface area contributed by atoms with Gasteiger partial charge in [-0.1, -0.05) is 54.0 Å². The van der Waals surface area contributed by atoms with Crippen LogP contribution in [0.5, 0.6) is 5.75 Å². The highest BCUT2D eigenvalue weighted by molar-refractivity contribution is 5.61. The van der Waals surface area contributed by atoms with Crippen molar-refractivity contribution in [2.75, 3.05) is 5.73 Å². The first-order chi connectivity index (χ1) is 12.5. The average Bonchev–Trinajstić information content (AvgIpc) is 2.65. The Morgan fingerprint density at radius 1 is 1.15 bits per heavy atom. The Morgan fingerprint density at radius 3 is 2.38 bits per heavy atom. The van der Waals surface area contributed by atoms with E-state index in [4.69, 9.17) is 10.5 Å². The van der Waals surface area contributed by atoms with Gasteiger partial charge in [-0.15, -0.1) is 0 Å². The number of allylic oxidation sites excluding steroid dienone is 1. The van der Waals surface area contributed by atoms with Crippen LogP contribution in [0.2, 0.25) is 0 Å². The monoisotopic (exact) mass is 348 g/mol. The van der Waals surface area contributed by atoms with Crippen molar-refractivity contribution in [2.45, 2.75) is 13.3 Å². The summed E-state index contributed by atoms with van der Waals surface area (Å²) in [6.45, 7) is 5.56. The molecule has 0 bridgehead atoms. The standard InChI is InChI=1S/C19H17N3O.C2H4O/c1-14(11-15-7-9-18(23)10-8-15)22-13-17(12-21-19(22)20)16-5-3-2-4-6-16;1-2-3/h2-10,12-13,20,23H,1,11H2;2H,1H3/p+1. The van der Waals surface area contributed by atoms with E-state index in [1.165, 1.54) is 6.92 Å². The van der Waals surface area contributed by atoms with Gasteiger partial charge in [-0.2, -0.15) is 0 Å². The van der Waals surface area contributed by atoms with Crippen molar-refractivity contribution in [3.63, 3.8) is 0 Å². The summed E-state index contributed by atoms with van der Waals surface area (Å²) in [6.07, 6.45) is 5.07. The van der Waals surface area contributed by atoms with Crippen molar-refractivity contribution in [1.29, 1.82) is 0 Å². The second-order valence-electron chi connectivity index (χ2n) is 5.58. The van der Waals surface area contributed by atoms with Crippen molar-refractivity contribution in [3.05, 3.63) is 79.1 Å². The number of aromatic nitrogens is 2. The fraction of sp³-hybridized carbons (Fsp3) is 0.0952. The van der Waals surface area contributed by atoms with Crippen LogP contribution in [-0.2, 0) is 11.2 Å². The molecule has 0 saturated heterocycles. The Labute approximate surface area is 153 Å². The van der Waals surface area contributed by atoms with Gasteiger partial charge in [0.25, 0.3) is 0 Å². The minimum atomic E-state index is 0.249. The molecule has 0 unspecified atom stereocenters. The van der Waals surface area contributed by atoms with E-state index >= 15 is 0 Å². The highest BCUT2D eigenvalue weighted by Crippen LogP contribution is 2.18. The molecular weight excluding hydrogens is 326 g/mol. The summed E-state index contributed by atoms with van der Waals surface area (Å²) in [5.74, 6) is 0.646. The molecule has 0 aliphatic rings. The summed E-state index contributed by atoms with van der Waals surface area (Å²) in [5, 5.41) is 9.36. The van der Waals surface area contributed by atoms with Crippen LogP contribution in [0, 0.1) is 0 Å². The number of carbonyl (C=O) groups excluding carboxylic acids is 1. The Kier molecular flexibility index (Phi) is 6.62. The van der Waals surface area contributed by atoms with E-state index in [2.05, 4.69) is 11.6 Å². The number of hydrogen-bond acceptors (Lipinski definition) is 4. The second kappa shape index (κ2) is 9.13. The second-order valence-corrected chi connectivity index (χ2v) is 5.58. The van der Waals surface area contributed by atoms with Crippen molar-refractivity contribution in [3.8, 4) is 16.9 Å². The lowest BCUT2D eigenvalue weighted by Gasteiger charge is -2.08. The molecule has 0 fully saturated rings. The van der Waals surface area contributed by atoms with Gasteiger partial charge in [0.1, 0.15) is 18.2 Å². The summed E-state index contributed by atoms with van der Waals surface area (Å²) in [5.41, 5.74) is 9.91. The van der Waals surface area contributed by atoms with Crippen LogP contribution in [0.15, 0.2) is 73.6 Å². The van der Waals surface area contributed by atoms with E-state index in [1.807, 2.05) is 48.7 Å². The molecule has 0 radical (unpaired) electrons. The van der Waals surface area contributed by atoms with Gasteiger partial charge < -0.3 is 9.90 Å². The van der Waals surface area contributed by atoms with E-state index in [9.17, 15) is 5.11 Å². The number of nitrogens with two attached hydrogens (primary N) is 1. The third-order valence-electron chi connectivity index (χ3n) is 3.64. The van der Waals surface area contributed by atoms with E-state index in [0.717, 1.165) is 28.7 Å². The molecule has 3 aromatic rings. The van der Waals surface area contributed by atoms with E-state index in [-0.39, 0.29) is 5.75 Å². The van der Waals surface area contributed by atoms with Gasteiger partial charge in [-0.05, 0) is 30.2 Å². The highest BCUT2D eigenvalue weighted by Gasteiger charge is 2.13. The normalized spacial score (nSPS) is 9.73. The van der Waals surface area contributed by atoms with Gasteiger partial charge in [-0.25, -0.2) is 4.57 Å². The molecule has 0 atom stereocenters. The van der Waals surface area contributed by atoms with Crippen molar-refractivity contribution < 1.29 is 14.5 Å². The van der Waals surface area contributed by atoms with Crippen LogP contribution < -0.4 is 10.3 Å². The van der Waals surface area contributed by atoms with Gasteiger partial charge >= 0.3 is 5.95 Å². The molecule has 3 N–H and O–H groups in total. The quantitative estimate of drug-likeness (QED) is 0.560. The highest BCUT2D eigenvalue weighted by atomic mass is 16.3. The summed E-state index contributed by atoms with van der Waals surface area (Å²) >= 11 is 0. The predicted molar refractivity (Wildman–Crippen MR) is 103 cm³/mol. The number of anilines is 1. The van der Waals surface area contributed by atoms with Gasteiger partial charge in [0.15, 0.2) is 0 Å². The minimum Gasteiger partial charge on any atom is -0.508 e. The minimum absolute atomic E-state index is 0.249.